The average molecular weight is 232 g/mol. The van der Waals surface area contributed by atoms with Gasteiger partial charge >= 0.3 is 0 Å². The van der Waals surface area contributed by atoms with Gasteiger partial charge in [0.05, 0.1) is 6.61 Å². The number of hydrogen-bond donors (Lipinski definition) is 1. The molecule has 0 saturated carbocycles. The fourth-order valence-corrected chi connectivity index (χ4v) is 1.57. The van der Waals surface area contributed by atoms with E-state index in [1.54, 1.807) is 4.68 Å². The summed E-state index contributed by atoms with van der Waals surface area (Å²) in [5.41, 5.74) is 5.50. The van der Waals surface area contributed by atoms with Crippen LogP contribution in [0.15, 0.2) is 30.3 Å². The fraction of sp³-hybridized carbons (Fsp3) is 0.333. The van der Waals surface area contributed by atoms with Crippen LogP contribution in [0.5, 0.6) is 5.75 Å². The number of hydrogen-bond acceptors (Lipinski definition) is 4. The molecule has 0 aliphatic carbocycles. The maximum absolute atomic E-state index is 5.58. The van der Waals surface area contributed by atoms with Crippen molar-refractivity contribution in [3.8, 4) is 5.75 Å². The maximum Gasteiger partial charge on any atom is 0.239 e. The lowest BCUT2D eigenvalue weighted by molar-refractivity contribution is 0.298. The number of ether oxygens (including phenoxy) is 1. The lowest BCUT2D eigenvalue weighted by Gasteiger charge is -2.06. The van der Waals surface area contributed by atoms with Crippen molar-refractivity contribution in [3.05, 3.63) is 36.2 Å². The molecule has 5 heteroatoms. The minimum atomic E-state index is 0.325. The SMILES string of the molecule is Cc1nc(N)nn1CCCOc1ccccc1. The summed E-state index contributed by atoms with van der Waals surface area (Å²) in [4.78, 5) is 4.04. The van der Waals surface area contributed by atoms with E-state index in [0.717, 1.165) is 24.5 Å². The third kappa shape index (κ3) is 3.21. The molecule has 2 N–H and O–H groups in total. The highest BCUT2D eigenvalue weighted by Gasteiger charge is 2.02. The molecule has 90 valence electrons. The molecule has 0 bridgehead atoms. The van der Waals surface area contributed by atoms with Gasteiger partial charge in [0.25, 0.3) is 0 Å². The Morgan fingerprint density at radius 3 is 2.71 bits per heavy atom. The van der Waals surface area contributed by atoms with E-state index < -0.39 is 0 Å². The predicted molar refractivity (Wildman–Crippen MR) is 65.7 cm³/mol. The minimum absolute atomic E-state index is 0.325. The Bertz CT molecular complexity index is 467. The standard InChI is InChI=1S/C12H16N4O/c1-10-14-12(13)15-16(10)8-5-9-17-11-6-3-2-4-7-11/h2-4,6-7H,5,8-9H2,1H3,(H2,13,15). The van der Waals surface area contributed by atoms with E-state index in [9.17, 15) is 0 Å². The number of aromatic nitrogens is 3. The Balaban J connectivity index is 1.75. The van der Waals surface area contributed by atoms with Crippen LogP contribution < -0.4 is 10.5 Å². The first-order valence-electron chi connectivity index (χ1n) is 5.60. The molecule has 17 heavy (non-hydrogen) atoms. The third-order valence-electron chi connectivity index (χ3n) is 2.40. The molecule has 0 radical (unpaired) electrons. The molecule has 1 aromatic heterocycles. The number of nitrogens with zero attached hydrogens (tertiary/aromatic N) is 3. The van der Waals surface area contributed by atoms with Gasteiger partial charge < -0.3 is 10.5 Å². The summed E-state index contributed by atoms with van der Waals surface area (Å²) in [7, 11) is 0. The van der Waals surface area contributed by atoms with Crippen molar-refractivity contribution >= 4 is 5.95 Å². The second kappa shape index (κ2) is 5.34. The molecule has 2 aromatic rings. The highest BCUT2D eigenvalue weighted by molar-refractivity contribution is 5.20. The van der Waals surface area contributed by atoms with Crippen LogP contribution in [0.1, 0.15) is 12.2 Å². The molecule has 0 aliphatic heterocycles. The molecule has 0 atom stereocenters. The number of nitrogens with two attached hydrogens (primary N) is 1. The molecular weight excluding hydrogens is 216 g/mol. The smallest absolute Gasteiger partial charge is 0.239 e. The Hall–Kier alpha value is -2.04. The zero-order chi connectivity index (χ0) is 12.1. The highest BCUT2D eigenvalue weighted by Crippen LogP contribution is 2.08. The van der Waals surface area contributed by atoms with Gasteiger partial charge in [-0.15, -0.1) is 5.10 Å². The van der Waals surface area contributed by atoms with E-state index in [0.29, 0.717) is 12.6 Å². The van der Waals surface area contributed by atoms with Crippen molar-refractivity contribution in [2.75, 3.05) is 12.3 Å². The topological polar surface area (TPSA) is 66.0 Å². The Kier molecular flexibility index (Phi) is 3.59. The van der Waals surface area contributed by atoms with Crippen LogP contribution in [0.4, 0.5) is 5.95 Å². The number of anilines is 1. The van der Waals surface area contributed by atoms with Crippen molar-refractivity contribution in [1.29, 1.82) is 0 Å². The van der Waals surface area contributed by atoms with E-state index in [2.05, 4.69) is 10.1 Å². The summed E-state index contributed by atoms with van der Waals surface area (Å²) in [6.07, 6.45) is 0.874. The molecule has 0 unspecified atom stereocenters. The largest absolute Gasteiger partial charge is 0.494 e. The van der Waals surface area contributed by atoms with Crippen LogP contribution in [-0.4, -0.2) is 21.4 Å². The first-order chi connectivity index (χ1) is 8.25. The van der Waals surface area contributed by atoms with Gasteiger partial charge in [0, 0.05) is 13.0 Å². The maximum atomic E-state index is 5.58. The first-order valence-corrected chi connectivity index (χ1v) is 5.60. The molecule has 0 amide bonds. The molecule has 0 spiro atoms. The second-order valence-corrected chi connectivity index (χ2v) is 3.76. The molecular formula is C12H16N4O. The zero-order valence-corrected chi connectivity index (χ0v) is 9.84. The van der Waals surface area contributed by atoms with Gasteiger partial charge in [-0.05, 0) is 19.1 Å². The number of nitrogen functional groups attached to an aromatic ring is 1. The van der Waals surface area contributed by atoms with Gasteiger partial charge in [-0.3, -0.25) is 0 Å². The second-order valence-electron chi connectivity index (χ2n) is 3.76. The van der Waals surface area contributed by atoms with E-state index in [4.69, 9.17) is 10.5 Å². The van der Waals surface area contributed by atoms with Crippen LogP contribution in [0.25, 0.3) is 0 Å². The molecule has 2 rings (SSSR count). The number of benzene rings is 1. The minimum Gasteiger partial charge on any atom is -0.494 e. The lowest BCUT2D eigenvalue weighted by Crippen LogP contribution is -2.07. The zero-order valence-electron chi connectivity index (χ0n) is 9.84. The number of aryl methyl sites for hydroxylation is 2. The van der Waals surface area contributed by atoms with Gasteiger partial charge in [0.1, 0.15) is 11.6 Å². The number of para-hydroxylation sites is 1. The van der Waals surface area contributed by atoms with Crippen molar-refractivity contribution < 1.29 is 4.74 Å². The third-order valence-corrected chi connectivity index (χ3v) is 2.40. The lowest BCUT2D eigenvalue weighted by atomic mass is 10.3. The average Bonchev–Trinajstić information content (AvgIpc) is 2.65. The van der Waals surface area contributed by atoms with Crippen molar-refractivity contribution in [2.24, 2.45) is 0 Å². The van der Waals surface area contributed by atoms with Crippen LogP contribution in [0.3, 0.4) is 0 Å². The molecule has 1 aromatic carbocycles. The fourth-order valence-electron chi connectivity index (χ4n) is 1.57. The van der Waals surface area contributed by atoms with Crippen LogP contribution >= 0.6 is 0 Å². The quantitative estimate of drug-likeness (QED) is 0.796. The molecule has 0 saturated heterocycles. The Morgan fingerprint density at radius 1 is 1.29 bits per heavy atom. The predicted octanol–water partition coefficient (Wildman–Crippen LogP) is 1.64. The Labute approximate surface area is 100 Å². The van der Waals surface area contributed by atoms with Crippen molar-refractivity contribution in [1.82, 2.24) is 14.8 Å². The van der Waals surface area contributed by atoms with Gasteiger partial charge in [0.2, 0.25) is 5.95 Å². The van der Waals surface area contributed by atoms with E-state index in [1.165, 1.54) is 0 Å². The highest BCUT2D eigenvalue weighted by atomic mass is 16.5. The summed E-state index contributed by atoms with van der Waals surface area (Å²) in [5, 5.41) is 4.08. The van der Waals surface area contributed by atoms with E-state index >= 15 is 0 Å². The molecule has 0 aliphatic rings. The molecule has 0 fully saturated rings. The summed E-state index contributed by atoms with van der Waals surface area (Å²) >= 11 is 0. The van der Waals surface area contributed by atoms with E-state index in [-0.39, 0.29) is 0 Å². The monoisotopic (exact) mass is 232 g/mol. The van der Waals surface area contributed by atoms with Gasteiger partial charge in [-0.25, -0.2) is 4.68 Å². The van der Waals surface area contributed by atoms with Crippen LogP contribution in [0, 0.1) is 6.92 Å². The normalized spacial score (nSPS) is 10.4. The van der Waals surface area contributed by atoms with Crippen molar-refractivity contribution in [2.45, 2.75) is 19.9 Å². The van der Waals surface area contributed by atoms with Crippen LogP contribution in [0.2, 0.25) is 0 Å². The van der Waals surface area contributed by atoms with Gasteiger partial charge in [0.15, 0.2) is 0 Å². The van der Waals surface area contributed by atoms with Gasteiger partial charge in [-0.2, -0.15) is 4.98 Å². The Morgan fingerprint density at radius 2 is 2.06 bits per heavy atom. The first kappa shape index (κ1) is 11.4. The summed E-state index contributed by atoms with van der Waals surface area (Å²) < 4.78 is 7.38. The van der Waals surface area contributed by atoms with Crippen LogP contribution in [-0.2, 0) is 6.54 Å². The molecule has 1 heterocycles. The van der Waals surface area contributed by atoms with Gasteiger partial charge in [-0.1, -0.05) is 18.2 Å². The summed E-state index contributed by atoms with van der Waals surface area (Å²) in [6, 6.07) is 9.76. The molecule has 5 nitrogen and oxygen atoms in total. The van der Waals surface area contributed by atoms with E-state index in [1.807, 2.05) is 37.3 Å². The summed E-state index contributed by atoms with van der Waals surface area (Å²) in [5.74, 6) is 2.05. The summed E-state index contributed by atoms with van der Waals surface area (Å²) in [6.45, 7) is 3.31. The van der Waals surface area contributed by atoms with Crippen molar-refractivity contribution in [3.63, 3.8) is 0 Å². The number of rotatable bonds is 5.